The third-order valence-corrected chi connectivity index (χ3v) is 4.37. The number of anilines is 1. The lowest BCUT2D eigenvalue weighted by molar-refractivity contribution is 0.0867. The highest BCUT2D eigenvalue weighted by Gasteiger charge is 2.23. The summed E-state index contributed by atoms with van der Waals surface area (Å²) in [6.07, 6.45) is 5.19. The van der Waals surface area contributed by atoms with Crippen LogP contribution in [0.25, 0.3) is 0 Å². The lowest BCUT2D eigenvalue weighted by Gasteiger charge is -2.27. The number of hydrogen-bond acceptors (Lipinski definition) is 3. The Morgan fingerprint density at radius 3 is 2.85 bits per heavy atom. The molecule has 0 unspecified atom stereocenters. The fraction of sp³-hybridized carbons (Fsp3) is 0.562. The van der Waals surface area contributed by atoms with Crippen LogP contribution in [-0.4, -0.2) is 29.7 Å². The molecule has 20 heavy (non-hydrogen) atoms. The third-order valence-electron chi connectivity index (χ3n) is 4.37. The zero-order valence-electron chi connectivity index (χ0n) is 11.7. The van der Waals surface area contributed by atoms with Gasteiger partial charge in [-0.1, -0.05) is 6.07 Å². The predicted octanol–water partition coefficient (Wildman–Crippen LogP) is 2.08. The summed E-state index contributed by atoms with van der Waals surface area (Å²) in [6.45, 7) is 0.985. The first kappa shape index (κ1) is 13.4. The largest absolute Gasteiger partial charge is 0.393 e. The van der Waals surface area contributed by atoms with E-state index in [1.807, 2.05) is 18.2 Å². The fourth-order valence-corrected chi connectivity index (χ4v) is 3.21. The van der Waals surface area contributed by atoms with Gasteiger partial charge in [0.15, 0.2) is 0 Å². The first-order valence-corrected chi connectivity index (χ1v) is 7.59. The van der Waals surface area contributed by atoms with Crippen molar-refractivity contribution in [1.29, 1.82) is 0 Å². The SMILES string of the molecule is O=C(NC1CCC(O)CC1)c1cccc2c1CCCN2. The molecule has 0 atom stereocenters. The molecule has 3 N–H and O–H groups in total. The third kappa shape index (κ3) is 2.80. The van der Waals surface area contributed by atoms with Crippen LogP contribution in [0.2, 0.25) is 0 Å². The van der Waals surface area contributed by atoms with Crippen molar-refractivity contribution in [3.63, 3.8) is 0 Å². The lowest BCUT2D eigenvalue weighted by Crippen LogP contribution is -2.39. The number of amides is 1. The fourth-order valence-electron chi connectivity index (χ4n) is 3.21. The highest BCUT2D eigenvalue weighted by Crippen LogP contribution is 2.26. The number of carbonyl (C=O) groups is 1. The van der Waals surface area contributed by atoms with E-state index in [0.29, 0.717) is 0 Å². The van der Waals surface area contributed by atoms with E-state index in [-0.39, 0.29) is 18.1 Å². The molecule has 1 heterocycles. The second-order valence-electron chi connectivity index (χ2n) is 5.84. The van der Waals surface area contributed by atoms with Crippen LogP contribution >= 0.6 is 0 Å². The first-order chi connectivity index (χ1) is 9.74. The predicted molar refractivity (Wildman–Crippen MR) is 79.0 cm³/mol. The molecular formula is C16H22N2O2. The Hall–Kier alpha value is -1.55. The molecule has 0 bridgehead atoms. The van der Waals surface area contributed by atoms with Crippen LogP contribution < -0.4 is 10.6 Å². The van der Waals surface area contributed by atoms with Crippen LogP contribution in [-0.2, 0) is 6.42 Å². The first-order valence-electron chi connectivity index (χ1n) is 7.59. The van der Waals surface area contributed by atoms with Gasteiger partial charge in [0.2, 0.25) is 0 Å². The molecule has 1 aromatic rings. The van der Waals surface area contributed by atoms with Crippen LogP contribution in [0, 0.1) is 0 Å². The zero-order valence-corrected chi connectivity index (χ0v) is 11.7. The number of aliphatic hydroxyl groups excluding tert-OH is 1. The molecular weight excluding hydrogens is 252 g/mol. The smallest absolute Gasteiger partial charge is 0.251 e. The average Bonchev–Trinajstić information content (AvgIpc) is 2.49. The molecule has 0 radical (unpaired) electrons. The summed E-state index contributed by atoms with van der Waals surface area (Å²) in [7, 11) is 0. The maximum Gasteiger partial charge on any atom is 0.251 e. The Kier molecular flexibility index (Phi) is 3.92. The topological polar surface area (TPSA) is 61.4 Å². The van der Waals surface area contributed by atoms with Gasteiger partial charge in [0, 0.05) is 23.8 Å². The van der Waals surface area contributed by atoms with E-state index in [0.717, 1.165) is 61.9 Å². The molecule has 0 aromatic heterocycles. The average molecular weight is 274 g/mol. The Labute approximate surface area is 119 Å². The maximum atomic E-state index is 12.5. The van der Waals surface area contributed by atoms with Crippen LogP contribution in [0.15, 0.2) is 18.2 Å². The lowest BCUT2D eigenvalue weighted by atomic mass is 9.92. The quantitative estimate of drug-likeness (QED) is 0.774. The second-order valence-corrected chi connectivity index (χ2v) is 5.84. The molecule has 3 rings (SSSR count). The molecule has 108 valence electrons. The molecule has 1 aliphatic carbocycles. The van der Waals surface area contributed by atoms with Crippen molar-refractivity contribution in [2.75, 3.05) is 11.9 Å². The Balaban J connectivity index is 1.71. The van der Waals surface area contributed by atoms with Crippen molar-refractivity contribution >= 4 is 11.6 Å². The summed E-state index contributed by atoms with van der Waals surface area (Å²) in [5.74, 6) is 0.0342. The summed E-state index contributed by atoms with van der Waals surface area (Å²) in [4.78, 5) is 12.5. The number of rotatable bonds is 2. The molecule has 1 aromatic carbocycles. The van der Waals surface area contributed by atoms with Crippen molar-refractivity contribution in [2.45, 2.75) is 50.7 Å². The minimum Gasteiger partial charge on any atom is -0.393 e. The monoisotopic (exact) mass is 274 g/mol. The van der Waals surface area contributed by atoms with Gasteiger partial charge in [0.05, 0.1) is 6.10 Å². The van der Waals surface area contributed by atoms with Crippen molar-refractivity contribution in [3.8, 4) is 0 Å². The molecule has 1 aliphatic heterocycles. The summed E-state index contributed by atoms with van der Waals surface area (Å²) >= 11 is 0. The van der Waals surface area contributed by atoms with Gasteiger partial charge < -0.3 is 15.7 Å². The molecule has 2 aliphatic rings. The molecule has 1 saturated carbocycles. The minimum absolute atomic E-state index is 0.0342. The highest BCUT2D eigenvalue weighted by atomic mass is 16.3. The zero-order chi connectivity index (χ0) is 13.9. The standard InChI is InChI=1S/C16H22N2O2/c19-12-8-6-11(7-9-12)18-16(20)14-3-1-5-15-13(14)4-2-10-17-15/h1,3,5,11-12,17,19H,2,4,6-10H2,(H,18,20). The number of nitrogens with one attached hydrogen (secondary N) is 2. The molecule has 1 amide bonds. The van der Waals surface area contributed by atoms with Crippen LogP contribution in [0.3, 0.4) is 0 Å². The Morgan fingerprint density at radius 1 is 1.25 bits per heavy atom. The molecule has 4 nitrogen and oxygen atoms in total. The van der Waals surface area contributed by atoms with Gasteiger partial charge in [-0.25, -0.2) is 0 Å². The van der Waals surface area contributed by atoms with E-state index < -0.39 is 0 Å². The van der Waals surface area contributed by atoms with E-state index in [2.05, 4.69) is 10.6 Å². The van der Waals surface area contributed by atoms with Gasteiger partial charge in [-0.05, 0) is 56.2 Å². The van der Waals surface area contributed by atoms with Crippen LogP contribution in [0.4, 0.5) is 5.69 Å². The number of benzene rings is 1. The van der Waals surface area contributed by atoms with Crippen molar-refractivity contribution in [3.05, 3.63) is 29.3 Å². The van der Waals surface area contributed by atoms with Crippen molar-refractivity contribution in [1.82, 2.24) is 5.32 Å². The van der Waals surface area contributed by atoms with Gasteiger partial charge in [0.1, 0.15) is 0 Å². The van der Waals surface area contributed by atoms with E-state index in [9.17, 15) is 9.90 Å². The normalized spacial score (nSPS) is 25.4. The van der Waals surface area contributed by atoms with Crippen LogP contribution in [0.1, 0.15) is 48.0 Å². The number of fused-ring (bicyclic) bond motifs is 1. The summed E-state index contributed by atoms with van der Waals surface area (Å²) < 4.78 is 0. The maximum absolute atomic E-state index is 12.5. The van der Waals surface area contributed by atoms with E-state index in [4.69, 9.17) is 0 Å². The van der Waals surface area contributed by atoms with Gasteiger partial charge in [-0.3, -0.25) is 4.79 Å². The summed E-state index contributed by atoms with van der Waals surface area (Å²) in [6, 6.07) is 6.11. The molecule has 0 spiro atoms. The second kappa shape index (κ2) is 5.83. The molecule has 0 saturated heterocycles. The van der Waals surface area contributed by atoms with Crippen molar-refractivity contribution < 1.29 is 9.90 Å². The highest BCUT2D eigenvalue weighted by molar-refractivity contribution is 5.97. The van der Waals surface area contributed by atoms with Gasteiger partial charge in [0.25, 0.3) is 5.91 Å². The van der Waals surface area contributed by atoms with Crippen molar-refractivity contribution in [2.24, 2.45) is 0 Å². The molecule has 4 heteroatoms. The van der Waals surface area contributed by atoms with Crippen LogP contribution in [0.5, 0.6) is 0 Å². The van der Waals surface area contributed by atoms with E-state index in [1.54, 1.807) is 0 Å². The number of aliphatic hydroxyl groups is 1. The van der Waals surface area contributed by atoms with Gasteiger partial charge in [-0.2, -0.15) is 0 Å². The Morgan fingerprint density at radius 2 is 2.05 bits per heavy atom. The minimum atomic E-state index is -0.183. The van der Waals surface area contributed by atoms with E-state index in [1.165, 1.54) is 0 Å². The van der Waals surface area contributed by atoms with E-state index >= 15 is 0 Å². The summed E-state index contributed by atoms with van der Waals surface area (Å²) in [5, 5.41) is 16.0. The van der Waals surface area contributed by atoms with Gasteiger partial charge in [-0.15, -0.1) is 0 Å². The van der Waals surface area contributed by atoms with Gasteiger partial charge >= 0.3 is 0 Å². The summed E-state index contributed by atoms with van der Waals surface area (Å²) in [5.41, 5.74) is 3.05. The number of carbonyl (C=O) groups excluding carboxylic acids is 1. The number of hydrogen-bond donors (Lipinski definition) is 3. The Bertz CT molecular complexity index is 493. The molecule has 1 fully saturated rings.